The number of H-pyrrole nitrogens is 1. The van der Waals surface area contributed by atoms with Crippen LogP contribution >= 0.6 is 34.2 Å². The molecule has 3 aromatic rings. The molecule has 0 bridgehead atoms. The summed E-state index contributed by atoms with van der Waals surface area (Å²) < 4.78 is 1.13. The van der Waals surface area contributed by atoms with Gasteiger partial charge in [-0.3, -0.25) is 5.10 Å². The molecule has 3 nitrogen and oxygen atoms in total. The van der Waals surface area contributed by atoms with E-state index in [2.05, 4.69) is 32.8 Å². The van der Waals surface area contributed by atoms with Crippen LogP contribution in [0, 0.1) is 3.57 Å². The first kappa shape index (κ1) is 13.5. The molecule has 0 amide bonds. The Kier molecular flexibility index (Phi) is 3.67. The van der Waals surface area contributed by atoms with Gasteiger partial charge >= 0.3 is 0 Å². The Morgan fingerprint density at radius 2 is 1.65 bits per heavy atom. The maximum Gasteiger partial charge on any atom is 0.153 e. The summed E-state index contributed by atoms with van der Waals surface area (Å²) in [6.45, 7) is 0. The number of hydrogen-bond donors (Lipinski definition) is 2. The molecule has 1 aromatic heterocycles. The molecule has 0 aliphatic carbocycles. The number of anilines is 1. The van der Waals surface area contributed by atoms with E-state index in [9.17, 15) is 0 Å². The van der Waals surface area contributed by atoms with Crippen molar-refractivity contribution in [2.24, 2.45) is 0 Å². The van der Waals surface area contributed by atoms with Crippen LogP contribution in [-0.4, -0.2) is 10.2 Å². The molecule has 0 unspecified atom stereocenters. The smallest absolute Gasteiger partial charge is 0.153 e. The molecule has 0 fully saturated rings. The number of rotatable bonds is 2. The van der Waals surface area contributed by atoms with E-state index in [1.165, 1.54) is 0 Å². The van der Waals surface area contributed by atoms with Crippen LogP contribution in [0.1, 0.15) is 0 Å². The maximum atomic E-state index is 6.29. The van der Waals surface area contributed by atoms with Gasteiger partial charge in [0.05, 0.1) is 11.3 Å². The molecule has 0 saturated carbocycles. The van der Waals surface area contributed by atoms with Gasteiger partial charge in [0, 0.05) is 19.7 Å². The summed E-state index contributed by atoms with van der Waals surface area (Å²) in [5.41, 5.74) is 9.71. The van der Waals surface area contributed by atoms with Crippen molar-refractivity contribution >= 4 is 40.0 Å². The van der Waals surface area contributed by atoms with E-state index in [1.54, 1.807) is 0 Å². The number of halogens is 2. The second-order valence-electron chi connectivity index (χ2n) is 4.32. The highest BCUT2D eigenvalue weighted by Crippen LogP contribution is 2.39. The van der Waals surface area contributed by atoms with Gasteiger partial charge in [-0.1, -0.05) is 48.0 Å². The van der Waals surface area contributed by atoms with E-state index in [1.807, 2.05) is 48.5 Å². The lowest BCUT2D eigenvalue weighted by Crippen LogP contribution is -1.90. The molecular weight excluding hydrogens is 385 g/mol. The number of nitrogen functional groups attached to an aromatic ring is 1. The Morgan fingerprint density at radius 3 is 2.35 bits per heavy atom. The highest BCUT2D eigenvalue weighted by Gasteiger charge is 2.18. The summed E-state index contributed by atoms with van der Waals surface area (Å²) >= 11 is 8.58. The molecule has 0 aliphatic heterocycles. The van der Waals surface area contributed by atoms with Crippen molar-refractivity contribution in [3.8, 4) is 22.4 Å². The second-order valence-corrected chi connectivity index (χ2v) is 5.89. The van der Waals surface area contributed by atoms with E-state index >= 15 is 0 Å². The molecule has 100 valence electrons. The number of aromatic nitrogens is 2. The Bertz CT molecular complexity index is 767. The second kappa shape index (κ2) is 5.46. The minimum Gasteiger partial charge on any atom is -0.382 e. The number of aromatic amines is 1. The van der Waals surface area contributed by atoms with Crippen molar-refractivity contribution in [2.45, 2.75) is 0 Å². The van der Waals surface area contributed by atoms with Gasteiger partial charge in [0.25, 0.3) is 0 Å². The fourth-order valence-electron chi connectivity index (χ4n) is 2.15. The van der Waals surface area contributed by atoms with E-state index in [-0.39, 0.29) is 0 Å². The number of hydrogen-bond acceptors (Lipinski definition) is 2. The van der Waals surface area contributed by atoms with Crippen molar-refractivity contribution in [3.63, 3.8) is 0 Å². The lowest BCUT2D eigenvalue weighted by molar-refractivity contribution is 1.10. The first-order chi connectivity index (χ1) is 9.68. The van der Waals surface area contributed by atoms with Crippen molar-refractivity contribution in [1.82, 2.24) is 10.2 Å². The summed E-state index contributed by atoms with van der Waals surface area (Å²) in [6, 6.07) is 15.7. The molecule has 1 heterocycles. The third kappa shape index (κ3) is 2.29. The van der Waals surface area contributed by atoms with Gasteiger partial charge in [-0.2, -0.15) is 5.10 Å². The molecule has 0 atom stereocenters. The first-order valence-electron chi connectivity index (χ1n) is 6.02. The Labute approximate surface area is 135 Å². The average molecular weight is 396 g/mol. The zero-order valence-electron chi connectivity index (χ0n) is 10.4. The van der Waals surface area contributed by atoms with Gasteiger partial charge in [0.2, 0.25) is 0 Å². The zero-order chi connectivity index (χ0) is 14.1. The predicted molar refractivity (Wildman–Crippen MR) is 91.6 cm³/mol. The standard InChI is InChI=1S/C15H11ClIN3/c16-11-7-3-1-5-9(11)13-14(19-20-15(13)18)10-6-2-4-8-12(10)17/h1-8H,(H3,18,19,20). The van der Waals surface area contributed by atoms with Gasteiger partial charge in [0.15, 0.2) is 5.82 Å². The minimum atomic E-state index is 0.452. The molecule has 0 spiro atoms. The largest absolute Gasteiger partial charge is 0.382 e. The fraction of sp³-hybridized carbons (Fsp3) is 0. The summed E-state index contributed by atoms with van der Waals surface area (Å²) in [6.07, 6.45) is 0. The molecule has 0 saturated heterocycles. The summed E-state index contributed by atoms with van der Waals surface area (Å²) in [5, 5.41) is 7.82. The Balaban J connectivity index is 2.26. The van der Waals surface area contributed by atoms with Crippen LogP contribution in [0.3, 0.4) is 0 Å². The van der Waals surface area contributed by atoms with Crippen molar-refractivity contribution in [2.75, 3.05) is 5.73 Å². The minimum absolute atomic E-state index is 0.452. The third-order valence-electron chi connectivity index (χ3n) is 3.08. The number of nitrogens with one attached hydrogen (secondary N) is 1. The molecule has 0 radical (unpaired) electrons. The lowest BCUT2D eigenvalue weighted by atomic mass is 10.0. The van der Waals surface area contributed by atoms with Gasteiger partial charge in [0.1, 0.15) is 0 Å². The van der Waals surface area contributed by atoms with Gasteiger partial charge in [-0.05, 0) is 34.7 Å². The van der Waals surface area contributed by atoms with Crippen LogP contribution in [0.25, 0.3) is 22.4 Å². The monoisotopic (exact) mass is 395 g/mol. The Hall–Kier alpha value is -1.53. The van der Waals surface area contributed by atoms with Gasteiger partial charge in [-0.25, -0.2) is 0 Å². The van der Waals surface area contributed by atoms with Crippen LogP contribution in [0.5, 0.6) is 0 Å². The highest BCUT2D eigenvalue weighted by molar-refractivity contribution is 14.1. The third-order valence-corrected chi connectivity index (χ3v) is 4.35. The van der Waals surface area contributed by atoms with Gasteiger partial charge in [-0.15, -0.1) is 0 Å². The van der Waals surface area contributed by atoms with E-state index in [0.29, 0.717) is 10.8 Å². The van der Waals surface area contributed by atoms with E-state index < -0.39 is 0 Å². The SMILES string of the molecule is Nc1n[nH]c(-c2ccccc2I)c1-c1ccccc1Cl. The van der Waals surface area contributed by atoms with Crippen LogP contribution in [0.4, 0.5) is 5.82 Å². The zero-order valence-corrected chi connectivity index (χ0v) is 13.3. The Morgan fingerprint density at radius 1 is 1.00 bits per heavy atom. The molecule has 2 aromatic carbocycles. The predicted octanol–water partition coefficient (Wildman–Crippen LogP) is 4.58. The van der Waals surface area contributed by atoms with Crippen LogP contribution < -0.4 is 5.73 Å². The topological polar surface area (TPSA) is 54.7 Å². The fourth-order valence-corrected chi connectivity index (χ4v) is 3.04. The molecular formula is C15H11ClIN3. The van der Waals surface area contributed by atoms with Crippen LogP contribution in [-0.2, 0) is 0 Å². The average Bonchev–Trinajstić information content (AvgIpc) is 2.82. The van der Waals surface area contributed by atoms with Crippen LogP contribution in [0.2, 0.25) is 5.02 Å². The van der Waals surface area contributed by atoms with E-state index in [0.717, 1.165) is 26.0 Å². The molecule has 5 heteroatoms. The number of nitrogens with two attached hydrogens (primary N) is 1. The van der Waals surface area contributed by atoms with Gasteiger partial charge < -0.3 is 5.73 Å². The van der Waals surface area contributed by atoms with Crippen molar-refractivity contribution < 1.29 is 0 Å². The normalized spacial score (nSPS) is 10.7. The quantitative estimate of drug-likeness (QED) is 0.624. The first-order valence-corrected chi connectivity index (χ1v) is 7.48. The maximum absolute atomic E-state index is 6.29. The molecule has 3 N–H and O–H groups in total. The molecule has 3 rings (SSSR count). The lowest BCUT2D eigenvalue weighted by Gasteiger charge is -2.08. The number of benzene rings is 2. The summed E-state index contributed by atoms with van der Waals surface area (Å²) in [5.74, 6) is 0.452. The number of nitrogens with zero attached hydrogens (tertiary/aromatic N) is 1. The van der Waals surface area contributed by atoms with Crippen molar-refractivity contribution in [1.29, 1.82) is 0 Å². The molecule has 0 aliphatic rings. The summed E-state index contributed by atoms with van der Waals surface area (Å²) in [7, 11) is 0. The molecule has 20 heavy (non-hydrogen) atoms. The van der Waals surface area contributed by atoms with Crippen molar-refractivity contribution in [3.05, 3.63) is 57.1 Å². The summed E-state index contributed by atoms with van der Waals surface area (Å²) in [4.78, 5) is 0. The highest BCUT2D eigenvalue weighted by atomic mass is 127. The van der Waals surface area contributed by atoms with Crippen LogP contribution in [0.15, 0.2) is 48.5 Å². The van der Waals surface area contributed by atoms with E-state index in [4.69, 9.17) is 17.3 Å².